The summed E-state index contributed by atoms with van der Waals surface area (Å²) >= 11 is 0. The van der Waals surface area contributed by atoms with Crippen LogP contribution in [0.1, 0.15) is 41.4 Å². The van der Waals surface area contributed by atoms with Crippen molar-refractivity contribution >= 4 is 28.5 Å². The Morgan fingerprint density at radius 1 is 0.971 bits per heavy atom. The molecule has 1 heterocycles. The van der Waals surface area contributed by atoms with Crippen LogP contribution in [0.2, 0.25) is 0 Å². The molecule has 0 fully saturated rings. The van der Waals surface area contributed by atoms with Gasteiger partial charge in [0.05, 0.1) is 17.3 Å². The van der Waals surface area contributed by atoms with Crippen molar-refractivity contribution in [3.63, 3.8) is 0 Å². The van der Waals surface area contributed by atoms with Gasteiger partial charge < -0.3 is 19.8 Å². The number of fused-ring (bicyclic) bond motifs is 1. The Balaban J connectivity index is 1.42. The quantitative estimate of drug-likeness (QED) is 0.358. The van der Waals surface area contributed by atoms with Crippen LogP contribution in [0.3, 0.4) is 0 Å². The number of ether oxygens (including phenoxy) is 1. The van der Waals surface area contributed by atoms with Gasteiger partial charge in [0.1, 0.15) is 11.3 Å². The number of hydrogen-bond acceptors (Lipinski definition) is 5. The number of hydrogen-bond donors (Lipinski definition) is 2. The van der Waals surface area contributed by atoms with Crippen molar-refractivity contribution < 1.29 is 18.7 Å². The van der Waals surface area contributed by atoms with Gasteiger partial charge >= 0.3 is 5.63 Å². The molecule has 4 aromatic rings. The molecule has 0 saturated carbocycles. The fourth-order valence-electron chi connectivity index (χ4n) is 3.82. The number of para-hydroxylation sites is 1. The average Bonchev–Trinajstić information content (AvgIpc) is 2.87. The van der Waals surface area contributed by atoms with Crippen LogP contribution in [0.25, 0.3) is 11.0 Å². The fraction of sp³-hybridized carbons (Fsp3) is 0.179. The van der Waals surface area contributed by atoms with Crippen LogP contribution in [0, 0.1) is 0 Å². The number of amides is 2. The summed E-state index contributed by atoms with van der Waals surface area (Å²) in [6.45, 7) is 3.58. The van der Waals surface area contributed by atoms with E-state index in [1.165, 1.54) is 6.07 Å². The van der Waals surface area contributed by atoms with Gasteiger partial charge in [0.15, 0.2) is 6.61 Å². The molecule has 0 aliphatic carbocycles. The van der Waals surface area contributed by atoms with Gasteiger partial charge in [0.2, 0.25) is 0 Å². The smallest absolute Gasteiger partial charge is 0.336 e. The lowest BCUT2D eigenvalue weighted by Crippen LogP contribution is -2.28. The van der Waals surface area contributed by atoms with Crippen molar-refractivity contribution in [3.8, 4) is 5.75 Å². The van der Waals surface area contributed by atoms with Crippen molar-refractivity contribution in [1.29, 1.82) is 0 Å². The average molecular weight is 471 g/mol. The van der Waals surface area contributed by atoms with Crippen molar-refractivity contribution in [3.05, 3.63) is 106 Å². The first-order chi connectivity index (χ1) is 16.9. The van der Waals surface area contributed by atoms with Gasteiger partial charge in [0.25, 0.3) is 11.8 Å². The van der Waals surface area contributed by atoms with Crippen LogP contribution in [-0.4, -0.2) is 18.4 Å². The Morgan fingerprint density at radius 3 is 2.49 bits per heavy atom. The number of aryl methyl sites for hydroxylation is 1. The van der Waals surface area contributed by atoms with E-state index >= 15 is 0 Å². The zero-order chi connectivity index (χ0) is 24.8. The van der Waals surface area contributed by atoms with E-state index in [2.05, 4.69) is 10.6 Å². The second kappa shape index (κ2) is 10.7. The molecule has 0 saturated heterocycles. The monoisotopic (exact) mass is 470 g/mol. The van der Waals surface area contributed by atoms with Gasteiger partial charge in [-0.25, -0.2) is 4.79 Å². The molecular formula is C28H26N2O5. The summed E-state index contributed by atoms with van der Waals surface area (Å²) in [4.78, 5) is 37.2. The normalized spacial score (nSPS) is 11.6. The molecule has 0 radical (unpaired) electrons. The zero-order valence-electron chi connectivity index (χ0n) is 19.5. The maximum atomic E-state index is 12.9. The molecule has 0 bridgehead atoms. The minimum absolute atomic E-state index is 0.197. The van der Waals surface area contributed by atoms with Crippen molar-refractivity contribution in [1.82, 2.24) is 5.32 Å². The molecule has 178 valence electrons. The number of rotatable bonds is 8. The number of carbonyl (C=O) groups excluding carboxylic acids is 2. The first-order valence-electron chi connectivity index (χ1n) is 11.4. The van der Waals surface area contributed by atoms with Crippen molar-refractivity contribution in [2.45, 2.75) is 26.3 Å². The van der Waals surface area contributed by atoms with Gasteiger partial charge in [-0.05, 0) is 48.7 Å². The molecule has 1 aromatic heterocycles. The van der Waals surface area contributed by atoms with Gasteiger partial charge in [-0.1, -0.05) is 49.4 Å². The third-order valence-electron chi connectivity index (χ3n) is 5.65. The van der Waals surface area contributed by atoms with E-state index in [1.807, 2.05) is 44.2 Å². The summed E-state index contributed by atoms with van der Waals surface area (Å²) in [6.07, 6.45) is 0.696. The van der Waals surface area contributed by atoms with E-state index in [4.69, 9.17) is 9.15 Å². The highest BCUT2D eigenvalue weighted by atomic mass is 16.5. The van der Waals surface area contributed by atoms with E-state index < -0.39 is 11.5 Å². The summed E-state index contributed by atoms with van der Waals surface area (Å²) in [5.41, 5.74) is 2.58. The zero-order valence-corrected chi connectivity index (χ0v) is 19.5. The highest BCUT2D eigenvalue weighted by Gasteiger charge is 2.16. The fourth-order valence-corrected chi connectivity index (χ4v) is 3.82. The van der Waals surface area contributed by atoms with E-state index in [-0.39, 0.29) is 18.6 Å². The predicted octanol–water partition coefficient (Wildman–Crippen LogP) is 4.86. The van der Waals surface area contributed by atoms with Crippen LogP contribution in [0.15, 0.2) is 88.1 Å². The van der Waals surface area contributed by atoms with Crippen LogP contribution >= 0.6 is 0 Å². The summed E-state index contributed by atoms with van der Waals surface area (Å²) in [5.74, 6) is -0.327. The minimum Gasteiger partial charge on any atom is -0.484 e. The number of benzene rings is 3. The molecule has 0 unspecified atom stereocenters. The molecule has 35 heavy (non-hydrogen) atoms. The Morgan fingerprint density at radius 2 is 1.71 bits per heavy atom. The standard InChI is InChI=1S/C28H26N2O5/c1-3-19-15-27(32)35-25-16-21(13-14-22(19)25)34-17-26(31)30-24-12-8-7-11-23(24)28(33)29-18(2)20-9-5-4-6-10-20/h4-16,18H,3,17H2,1-2H3,(H,29,33)(H,30,31)/t18-/m0/s1. The molecule has 2 amide bonds. The third-order valence-corrected chi connectivity index (χ3v) is 5.65. The van der Waals surface area contributed by atoms with E-state index in [9.17, 15) is 14.4 Å². The number of carbonyl (C=O) groups is 2. The van der Waals surface area contributed by atoms with Crippen LogP contribution < -0.4 is 21.0 Å². The first-order valence-corrected chi connectivity index (χ1v) is 11.4. The Hall–Kier alpha value is -4.39. The Labute approximate surface area is 202 Å². The Bertz CT molecular complexity index is 1410. The third kappa shape index (κ3) is 5.76. The molecule has 3 aromatic carbocycles. The molecule has 0 spiro atoms. The molecule has 7 nitrogen and oxygen atoms in total. The second-order valence-electron chi connectivity index (χ2n) is 8.09. The van der Waals surface area contributed by atoms with Crippen LogP contribution in [-0.2, 0) is 11.2 Å². The molecule has 0 aliphatic heterocycles. The Kier molecular flexibility index (Phi) is 7.26. The molecule has 7 heteroatoms. The largest absolute Gasteiger partial charge is 0.484 e. The van der Waals surface area contributed by atoms with Gasteiger partial charge in [-0.2, -0.15) is 0 Å². The summed E-state index contributed by atoms with van der Waals surface area (Å²) < 4.78 is 10.9. The van der Waals surface area contributed by atoms with E-state index in [1.54, 1.807) is 42.5 Å². The topological polar surface area (TPSA) is 97.6 Å². The molecule has 2 N–H and O–H groups in total. The lowest BCUT2D eigenvalue weighted by atomic mass is 10.1. The van der Waals surface area contributed by atoms with Crippen LogP contribution in [0.5, 0.6) is 5.75 Å². The summed E-state index contributed by atoms with van der Waals surface area (Å²) in [5, 5.41) is 6.53. The molecular weight excluding hydrogens is 444 g/mol. The molecule has 0 aliphatic rings. The number of nitrogens with one attached hydrogen (secondary N) is 2. The lowest BCUT2D eigenvalue weighted by Gasteiger charge is -2.16. The van der Waals surface area contributed by atoms with Gasteiger partial charge in [-0.3, -0.25) is 9.59 Å². The SMILES string of the molecule is CCc1cc(=O)oc2cc(OCC(=O)Nc3ccccc3C(=O)N[C@@H](C)c3ccccc3)ccc12. The lowest BCUT2D eigenvalue weighted by molar-refractivity contribution is -0.118. The molecule has 1 atom stereocenters. The summed E-state index contributed by atoms with van der Waals surface area (Å²) in [7, 11) is 0. The van der Waals surface area contributed by atoms with E-state index in [0.29, 0.717) is 29.0 Å². The van der Waals surface area contributed by atoms with Crippen molar-refractivity contribution in [2.24, 2.45) is 0 Å². The van der Waals surface area contributed by atoms with Gasteiger partial charge in [0, 0.05) is 17.5 Å². The van der Waals surface area contributed by atoms with Crippen molar-refractivity contribution in [2.75, 3.05) is 11.9 Å². The highest BCUT2D eigenvalue weighted by molar-refractivity contribution is 6.04. The predicted molar refractivity (Wildman–Crippen MR) is 135 cm³/mol. The second-order valence-corrected chi connectivity index (χ2v) is 8.09. The highest BCUT2D eigenvalue weighted by Crippen LogP contribution is 2.23. The van der Waals surface area contributed by atoms with E-state index in [0.717, 1.165) is 16.5 Å². The summed E-state index contributed by atoms with van der Waals surface area (Å²) in [6, 6.07) is 22.8. The van der Waals surface area contributed by atoms with Gasteiger partial charge in [-0.15, -0.1) is 0 Å². The first kappa shape index (κ1) is 23.8. The van der Waals surface area contributed by atoms with Crippen LogP contribution in [0.4, 0.5) is 5.69 Å². The maximum Gasteiger partial charge on any atom is 0.336 e. The minimum atomic E-state index is -0.430. The molecule has 4 rings (SSSR count). The number of anilines is 1. The maximum absolute atomic E-state index is 12.9.